The molecule has 0 aromatic carbocycles. The quantitative estimate of drug-likeness (QED) is 0.571. The lowest BCUT2D eigenvalue weighted by Gasteiger charge is -2.12. The van der Waals surface area contributed by atoms with E-state index in [4.69, 9.17) is 4.74 Å². The predicted molar refractivity (Wildman–Crippen MR) is 58.8 cm³/mol. The zero-order valence-electron chi connectivity index (χ0n) is 9.39. The van der Waals surface area contributed by atoms with Gasteiger partial charge in [0.05, 0.1) is 6.61 Å². The molecule has 1 unspecified atom stereocenters. The van der Waals surface area contributed by atoms with Crippen LogP contribution in [0.15, 0.2) is 23.8 Å². The standard InChI is InChI=1S/C12H22O/c1-10(2)7-6-8-11(3)12(4)9-13-5/h7,11H,4,6,8-9H2,1-3,5H3. The first-order valence-electron chi connectivity index (χ1n) is 4.88. The van der Waals surface area contributed by atoms with Gasteiger partial charge in [0, 0.05) is 7.11 Å². The second-order valence-corrected chi connectivity index (χ2v) is 3.85. The summed E-state index contributed by atoms with van der Waals surface area (Å²) < 4.78 is 5.04. The van der Waals surface area contributed by atoms with E-state index in [1.165, 1.54) is 17.6 Å². The van der Waals surface area contributed by atoms with Crippen LogP contribution in [0.3, 0.4) is 0 Å². The molecule has 0 spiro atoms. The molecule has 0 N–H and O–H groups in total. The summed E-state index contributed by atoms with van der Waals surface area (Å²) in [7, 11) is 1.72. The third-order valence-corrected chi connectivity index (χ3v) is 2.18. The molecule has 0 aliphatic rings. The number of rotatable bonds is 6. The minimum absolute atomic E-state index is 0.565. The Kier molecular flexibility index (Phi) is 6.61. The van der Waals surface area contributed by atoms with Gasteiger partial charge >= 0.3 is 0 Å². The highest BCUT2D eigenvalue weighted by Crippen LogP contribution is 2.15. The van der Waals surface area contributed by atoms with Crippen LogP contribution in [0, 0.1) is 5.92 Å². The van der Waals surface area contributed by atoms with E-state index in [0.29, 0.717) is 12.5 Å². The van der Waals surface area contributed by atoms with E-state index in [2.05, 4.69) is 33.4 Å². The van der Waals surface area contributed by atoms with Gasteiger partial charge in [0.2, 0.25) is 0 Å². The maximum absolute atomic E-state index is 5.04. The van der Waals surface area contributed by atoms with Gasteiger partial charge in [-0.15, -0.1) is 0 Å². The van der Waals surface area contributed by atoms with Crippen molar-refractivity contribution in [3.05, 3.63) is 23.8 Å². The molecule has 0 aromatic heterocycles. The van der Waals surface area contributed by atoms with Crippen molar-refractivity contribution in [1.82, 2.24) is 0 Å². The Morgan fingerprint density at radius 2 is 2.08 bits per heavy atom. The minimum Gasteiger partial charge on any atom is -0.380 e. The number of ether oxygens (including phenoxy) is 1. The van der Waals surface area contributed by atoms with Crippen LogP contribution in [0.1, 0.15) is 33.6 Å². The van der Waals surface area contributed by atoms with Gasteiger partial charge in [0.25, 0.3) is 0 Å². The fraction of sp³-hybridized carbons (Fsp3) is 0.667. The highest BCUT2D eigenvalue weighted by atomic mass is 16.5. The molecule has 1 nitrogen and oxygen atoms in total. The van der Waals surface area contributed by atoms with Gasteiger partial charge in [0.15, 0.2) is 0 Å². The van der Waals surface area contributed by atoms with E-state index < -0.39 is 0 Å². The van der Waals surface area contributed by atoms with Crippen LogP contribution in [0.2, 0.25) is 0 Å². The fourth-order valence-corrected chi connectivity index (χ4v) is 1.15. The molecule has 1 atom stereocenters. The highest BCUT2D eigenvalue weighted by molar-refractivity contribution is 5.01. The average Bonchev–Trinajstić information content (AvgIpc) is 2.04. The van der Waals surface area contributed by atoms with Crippen LogP contribution in [0.4, 0.5) is 0 Å². The van der Waals surface area contributed by atoms with Crippen LogP contribution < -0.4 is 0 Å². The van der Waals surface area contributed by atoms with Gasteiger partial charge in [-0.2, -0.15) is 0 Å². The molecular formula is C12H22O. The van der Waals surface area contributed by atoms with E-state index in [0.717, 1.165) is 6.42 Å². The Morgan fingerprint density at radius 3 is 2.54 bits per heavy atom. The monoisotopic (exact) mass is 182 g/mol. The van der Waals surface area contributed by atoms with Gasteiger partial charge in [-0.3, -0.25) is 0 Å². The van der Waals surface area contributed by atoms with E-state index >= 15 is 0 Å². The van der Waals surface area contributed by atoms with Crippen molar-refractivity contribution in [3.63, 3.8) is 0 Å². The summed E-state index contributed by atoms with van der Waals surface area (Å²) in [5.41, 5.74) is 2.59. The summed E-state index contributed by atoms with van der Waals surface area (Å²) in [4.78, 5) is 0. The molecule has 0 bridgehead atoms. The zero-order valence-corrected chi connectivity index (χ0v) is 9.39. The summed E-state index contributed by atoms with van der Waals surface area (Å²) in [6.45, 7) is 11.2. The summed E-state index contributed by atoms with van der Waals surface area (Å²) >= 11 is 0. The smallest absolute Gasteiger partial charge is 0.0672 e. The first kappa shape index (κ1) is 12.4. The normalized spacial score (nSPS) is 12.3. The Balaban J connectivity index is 3.67. The Labute approximate surface area is 82.5 Å². The van der Waals surface area contributed by atoms with E-state index in [1.54, 1.807) is 7.11 Å². The van der Waals surface area contributed by atoms with Gasteiger partial charge < -0.3 is 4.74 Å². The van der Waals surface area contributed by atoms with Crippen molar-refractivity contribution in [2.45, 2.75) is 33.6 Å². The average molecular weight is 182 g/mol. The van der Waals surface area contributed by atoms with Crippen LogP contribution in [0.5, 0.6) is 0 Å². The Hall–Kier alpha value is -0.560. The van der Waals surface area contributed by atoms with Gasteiger partial charge in [-0.1, -0.05) is 25.2 Å². The summed E-state index contributed by atoms with van der Waals surface area (Å²) in [6.07, 6.45) is 4.59. The summed E-state index contributed by atoms with van der Waals surface area (Å²) in [5, 5.41) is 0. The maximum atomic E-state index is 5.04. The van der Waals surface area contributed by atoms with Crippen molar-refractivity contribution < 1.29 is 4.74 Å². The first-order valence-corrected chi connectivity index (χ1v) is 4.88. The first-order chi connectivity index (χ1) is 6.07. The molecule has 0 aliphatic carbocycles. The SMILES string of the molecule is C=C(COC)C(C)CCC=C(C)C. The lowest BCUT2D eigenvalue weighted by Crippen LogP contribution is -2.03. The van der Waals surface area contributed by atoms with Crippen LogP contribution in [0.25, 0.3) is 0 Å². The van der Waals surface area contributed by atoms with Crippen LogP contribution in [-0.2, 0) is 4.74 Å². The fourth-order valence-electron chi connectivity index (χ4n) is 1.15. The second-order valence-electron chi connectivity index (χ2n) is 3.85. The Bertz CT molecular complexity index is 176. The molecule has 0 aliphatic heterocycles. The molecule has 13 heavy (non-hydrogen) atoms. The van der Waals surface area contributed by atoms with E-state index in [1.807, 2.05) is 0 Å². The number of hydrogen-bond donors (Lipinski definition) is 0. The molecule has 0 radical (unpaired) electrons. The molecule has 0 fully saturated rings. The molecule has 0 saturated carbocycles. The minimum atomic E-state index is 0.565. The largest absolute Gasteiger partial charge is 0.380 e. The molecule has 76 valence electrons. The molecule has 0 amide bonds. The molecule has 1 heteroatoms. The zero-order chi connectivity index (χ0) is 10.3. The number of allylic oxidation sites excluding steroid dienone is 2. The molecule has 0 saturated heterocycles. The van der Waals surface area contributed by atoms with Crippen LogP contribution in [-0.4, -0.2) is 13.7 Å². The second kappa shape index (κ2) is 6.90. The van der Waals surface area contributed by atoms with Crippen molar-refractivity contribution in [3.8, 4) is 0 Å². The van der Waals surface area contributed by atoms with E-state index in [-0.39, 0.29) is 0 Å². The van der Waals surface area contributed by atoms with Crippen molar-refractivity contribution in [2.24, 2.45) is 5.92 Å². The maximum Gasteiger partial charge on any atom is 0.0672 e. The molecule has 0 rings (SSSR count). The van der Waals surface area contributed by atoms with Crippen molar-refractivity contribution in [2.75, 3.05) is 13.7 Å². The lowest BCUT2D eigenvalue weighted by molar-refractivity contribution is 0.217. The molecular weight excluding hydrogens is 160 g/mol. The lowest BCUT2D eigenvalue weighted by atomic mass is 9.97. The predicted octanol–water partition coefficient (Wildman–Crippen LogP) is 3.57. The van der Waals surface area contributed by atoms with Crippen LogP contribution >= 0.6 is 0 Å². The third kappa shape index (κ3) is 6.59. The third-order valence-electron chi connectivity index (χ3n) is 2.18. The topological polar surface area (TPSA) is 9.23 Å². The highest BCUT2D eigenvalue weighted by Gasteiger charge is 2.04. The van der Waals surface area contributed by atoms with E-state index in [9.17, 15) is 0 Å². The van der Waals surface area contributed by atoms with Crippen molar-refractivity contribution in [1.29, 1.82) is 0 Å². The summed E-state index contributed by atoms with van der Waals surface area (Å²) in [5.74, 6) is 0.565. The number of hydrogen-bond acceptors (Lipinski definition) is 1. The van der Waals surface area contributed by atoms with Crippen molar-refractivity contribution >= 4 is 0 Å². The molecule has 0 heterocycles. The van der Waals surface area contributed by atoms with Gasteiger partial charge in [-0.05, 0) is 38.2 Å². The summed E-state index contributed by atoms with van der Waals surface area (Å²) in [6, 6.07) is 0. The Morgan fingerprint density at radius 1 is 1.46 bits per heavy atom. The number of methoxy groups -OCH3 is 1. The van der Waals surface area contributed by atoms with Gasteiger partial charge in [-0.25, -0.2) is 0 Å². The molecule has 0 aromatic rings. The van der Waals surface area contributed by atoms with Gasteiger partial charge in [0.1, 0.15) is 0 Å².